The minimum Gasteiger partial charge on any atom is -0.378 e. The number of nitrogens with zero attached hydrogens (tertiary/aromatic N) is 3. The number of pyridine rings is 1. The van der Waals surface area contributed by atoms with E-state index in [9.17, 15) is 4.79 Å². The molecule has 1 amide bonds. The summed E-state index contributed by atoms with van der Waals surface area (Å²) >= 11 is 0. The van der Waals surface area contributed by atoms with Crippen molar-refractivity contribution >= 4 is 11.7 Å². The van der Waals surface area contributed by atoms with Crippen LogP contribution in [0.3, 0.4) is 0 Å². The lowest BCUT2D eigenvalue weighted by atomic mass is 10.2. The van der Waals surface area contributed by atoms with Crippen molar-refractivity contribution in [2.24, 2.45) is 0 Å². The Morgan fingerprint density at radius 3 is 2.62 bits per heavy atom. The number of carbonyl (C=O) groups excluding carboxylic acids is 1. The summed E-state index contributed by atoms with van der Waals surface area (Å²) in [5.41, 5.74) is 0.634. The van der Waals surface area contributed by atoms with Crippen LogP contribution in [-0.4, -0.2) is 55.2 Å². The molecule has 1 saturated heterocycles. The van der Waals surface area contributed by atoms with Crippen LogP contribution in [0.15, 0.2) is 43.6 Å². The minimum absolute atomic E-state index is 0.0355. The van der Waals surface area contributed by atoms with Crippen LogP contribution in [0.25, 0.3) is 0 Å². The Bertz CT molecular complexity index is 500. The van der Waals surface area contributed by atoms with Crippen molar-refractivity contribution in [1.29, 1.82) is 0 Å². The number of hydrogen-bond acceptors (Lipinski definition) is 4. The Morgan fingerprint density at radius 2 is 2.00 bits per heavy atom. The van der Waals surface area contributed by atoms with Gasteiger partial charge in [-0.2, -0.15) is 0 Å². The van der Waals surface area contributed by atoms with Crippen molar-refractivity contribution in [2.45, 2.75) is 0 Å². The third kappa shape index (κ3) is 3.92. The Balaban J connectivity index is 2.16. The number of amides is 1. The standard InChI is InChI=1S/C16H21N3O2/c1-3-7-19(8-4-2)16(20)14-5-6-17-15(13-14)18-9-11-21-12-10-18/h3-6,13H,1-2,7-12H2. The van der Waals surface area contributed by atoms with Gasteiger partial charge in [-0.05, 0) is 12.1 Å². The first-order valence-electron chi connectivity index (χ1n) is 7.06. The number of rotatable bonds is 6. The molecule has 1 aromatic rings. The first-order chi connectivity index (χ1) is 10.3. The van der Waals surface area contributed by atoms with E-state index in [1.54, 1.807) is 29.3 Å². The average Bonchev–Trinajstić information content (AvgIpc) is 2.55. The molecule has 21 heavy (non-hydrogen) atoms. The molecule has 2 rings (SSSR count). The van der Waals surface area contributed by atoms with Gasteiger partial charge in [0.1, 0.15) is 5.82 Å². The summed E-state index contributed by atoms with van der Waals surface area (Å²) in [5, 5.41) is 0. The first-order valence-corrected chi connectivity index (χ1v) is 7.06. The second-order valence-electron chi connectivity index (χ2n) is 4.79. The molecule has 0 aliphatic carbocycles. The second-order valence-corrected chi connectivity index (χ2v) is 4.79. The van der Waals surface area contributed by atoms with Gasteiger partial charge < -0.3 is 14.5 Å². The van der Waals surface area contributed by atoms with Crippen molar-refractivity contribution in [3.05, 3.63) is 49.2 Å². The minimum atomic E-state index is -0.0355. The number of ether oxygens (including phenoxy) is 1. The molecule has 1 aliphatic rings. The zero-order valence-electron chi connectivity index (χ0n) is 12.2. The summed E-state index contributed by atoms with van der Waals surface area (Å²) in [6.45, 7) is 11.4. The van der Waals surface area contributed by atoms with Crippen molar-refractivity contribution in [1.82, 2.24) is 9.88 Å². The van der Waals surface area contributed by atoms with Crippen LogP contribution in [0, 0.1) is 0 Å². The largest absolute Gasteiger partial charge is 0.378 e. The molecule has 0 unspecified atom stereocenters. The van der Waals surface area contributed by atoms with E-state index in [4.69, 9.17) is 4.74 Å². The van der Waals surface area contributed by atoms with Crippen LogP contribution in [0.2, 0.25) is 0 Å². The van der Waals surface area contributed by atoms with E-state index in [1.807, 2.05) is 6.07 Å². The monoisotopic (exact) mass is 287 g/mol. The highest BCUT2D eigenvalue weighted by Crippen LogP contribution is 2.15. The fourth-order valence-electron chi connectivity index (χ4n) is 2.25. The van der Waals surface area contributed by atoms with Crippen LogP contribution in [0.4, 0.5) is 5.82 Å². The number of aromatic nitrogens is 1. The normalized spacial score (nSPS) is 14.6. The van der Waals surface area contributed by atoms with E-state index in [0.717, 1.165) is 18.9 Å². The molecule has 1 aromatic heterocycles. The fraction of sp³-hybridized carbons (Fsp3) is 0.375. The number of anilines is 1. The summed E-state index contributed by atoms with van der Waals surface area (Å²) in [6.07, 6.45) is 5.11. The van der Waals surface area contributed by atoms with Gasteiger partial charge in [-0.1, -0.05) is 12.2 Å². The van der Waals surface area contributed by atoms with Gasteiger partial charge in [0.05, 0.1) is 13.2 Å². The van der Waals surface area contributed by atoms with E-state index < -0.39 is 0 Å². The molecule has 0 aromatic carbocycles. The predicted molar refractivity (Wildman–Crippen MR) is 83.6 cm³/mol. The predicted octanol–water partition coefficient (Wildman–Crippen LogP) is 1.73. The molecule has 0 radical (unpaired) electrons. The lowest BCUT2D eigenvalue weighted by molar-refractivity contribution is 0.0790. The fourth-order valence-corrected chi connectivity index (χ4v) is 2.25. The lowest BCUT2D eigenvalue weighted by Gasteiger charge is -2.28. The van der Waals surface area contributed by atoms with Crippen LogP contribution in [0.1, 0.15) is 10.4 Å². The van der Waals surface area contributed by atoms with Crippen LogP contribution in [0.5, 0.6) is 0 Å². The molecule has 0 saturated carbocycles. The molecule has 5 nitrogen and oxygen atoms in total. The summed E-state index contributed by atoms with van der Waals surface area (Å²) in [5.74, 6) is 0.785. The molecule has 0 N–H and O–H groups in total. The number of hydrogen-bond donors (Lipinski definition) is 0. The molecule has 112 valence electrons. The number of carbonyl (C=O) groups is 1. The Labute approximate surface area is 125 Å². The third-order valence-corrected chi connectivity index (χ3v) is 3.31. The van der Waals surface area contributed by atoms with Crippen LogP contribution < -0.4 is 4.90 Å². The van der Waals surface area contributed by atoms with E-state index in [0.29, 0.717) is 31.9 Å². The zero-order chi connectivity index (χ0) is 15.1. The van der Waals surface area contributed by atoms with Gasteiger partial charge >= 0.3 is 0 Å². The SMILES string of the molecule is C=CCN(CC=C)C(=O)c1ccnc(N2CCOCC2)c1. The molecule has 2 heterocycles. The lowest BCUT2D eigenvalue weighted by Crippen LogP contribution is -2.37. The van der Waals surface area contributed by atoms with E-state index in [1.165, 1.54) is 0 Å². The molecule has 1 fully saturated rings. The maximum atomic E-state index is 12.5. The summed E-state index contributed by atoms with van der Waals surface area (Å²) in [6, 6.07) is 3.58. The van der Waals surface area contributed by atoms with Gasteiger partial charge in [-0.15, -0.1) is 13.2 Å². The smallest absolute Gasteiger partial charge is 0.254 e. The van der Waals surface area contributed by atoms with Crippen molar-refractivity contribution in [2.75, 3.05) is 44.3 Å². The van der Waals surface area contributed by atoms with Crippen molar-refractivity contribution in [3.63, 3.8) is 0 Å². The van der Waals surface area contributed by atoms with Gasteiger partial charge in [0.15, 0.2) is 0 Å². The third-order valence-electron chi connectivity index (χ3n) is 3.31. The average molecular weight is 287 g/mol. The number of morpholine rings is 1. The Hall–Kier alpha value is -2.14. The van der Waals surface area contributed by atoms with Gasteiger partial charge in [0.2, 0.25) is 0 Å². The topological polar surface area (TPSA) is 45.7 Å². The van der Waals surface area contributed by atoms with Gasteiger partial charge in [-0.25, -0.2) is 4.98 Å². The quantitative estimate of drug-likeness (QED) is 0.748. The van der Waals surface area contributed by atoms with Gasteiger partial charge in [-0.3, -0.25) is 4.79 Å². The van der Waals surface area contributed by atoms with Crippen molar-refractivity contribution < 1.29 is 9.53 Å². The molecular weight excluding hydrogens is 266 g/mol. The summed E-state index contributed by atoms with van der Waals surface area (Å²) in [4.78, 5) is 20.7. The van der Waals surface area contributed by atoms with Gasteiger partial charge in [0.25, 0.3) is 5.91 Å². The highest BCUT2D eigenvalue weighted by Gasteiger charge is 2.17. The highest BCUT2D eigenvalue weighted by atomic mass is 16.5. The summed E-state index contributed by atoms with van der Waals surface area (Å²) < 4.78 is 5.33. The van der Waals surface area contributed by atoms with Crippen LogP contribution in [-0.2, 0) is 4.74 Å². The molecule has 1 aliphatic heterocycles. The maximum absolute atomic E-state index is 12.5. The zero-order valence-corrected chi connectivity index (χ0v) is 12.2. The Kier molecular flexibility index (Phi) is 5.51. The van der Waals surface area contributed by atoms with Crippen molar-refractivity contribution in [3.8, 4) is 0 Å². The maximum Gasteiger partial charge on any atom is 0.254 e. The molecule has 0 bridgehead atoms. The highest BCUT2D eigenvalue weighted by molar-refractivity contribution is 5.95. The molecular formula is C16H21N3O2. The van der Waals surface area contributed by atoms with Crippen LogP contribution >= 0.6 is 0 Å². The molecule has 0 atom stereocenters. The molecule has 5 heteroatoms. The first kappa shape index (κ1) is 15.3. The van der Waals surface area contributed by atoms with E-state index >= 15 is 0 Å². The van der Waals surface area contributed by atoms with E-state index in [-0.39, 0.29) is 5.91 Å². The van der Waals surface area contributed by atoms with E-state index in [2.05, 4.69) is 23.0 Å². The second kappa shape index (κ2) is 7.59. The molecule has 0 spiro atoms. The Morgan fingerprint density at radius 1 is 1.33 bits per heavy atom. The van der Waals surface area contributed by atoms with Gasteiger partial charge in [0, 0.05) is 37.9 Å². The summed E-state index contributed by atoms with van der Waals surface area (Å²) in [7, 11) is 0.